The van der Waals surface area contributed by atoms with Crippen molar-refractivity contribution in [2.45, 2.75) is 39.0 Å². The summed E-state index contributed by atoms with van der Waals surface area (Å²) < 4.78 is 0. The Labute approximate surface area is 101 Å². The second kappa shape index (κ2) is 5.94. The van der Waals surface area contributed by atoms with Crippen molar-refractivity contribution >= 4 is 29.0 Å². The second-order valence-electron chi connectivity index (χ2n) is 4.38. The van der Waals surface area contributed by atoms with E-state index in [1.807, 2.05) is 6.92 Å². The van der Waals surface area contributed by atoms with Crippen LogP contribution in [-0.4, -0.2) is 28.2 Å². The molecule has 0 saturated carbocycles. The molecule has 0 aromatic heterocycles. The molecule has 1 rings (SSSR count). The maximum absolute atomic E-state index is 11.6. The summed E-state index contributed by atoms with van der Waals surface area (Å²) in [4.78, 5) is 25.1. The summed E-state index contributed by atoms with van der Waals surface area (Å²) >= 11 is 4.76. The lowest BCUT2D eigenvalue weighted by atomic mass is 9.97. The average Bonchev–Trinajstić information content (AvgIpc) is 2.14. The maximum atomic E-state index is 11.6. The van der Waals surface area contributed by atoms with Gasteiger partial charge in [0.2, 0.25) is 11.8 Å². The Hall–Kier alpha value is -0.970. The van der Waals surface area contributed by atoms with Gasteiger partial charge in [0.25, 0.3) is 0 Å². The fourth-order valence-corrected chi connectivity index (χ4v) is 1.99. The molecule has 1 heterocycles. The van der Waals surface area contributed by atoms with Crippen LogP contribution in [-0.2, 0) is 9.59 Å². The topological polar surface area (TPSA) is 63.4 Å². The Morgan fingerprint density at radius 2 is 1.94 bits per heavy atom. The molecule has 2 amide bonds. The highest BCUT2D eigenvalue weighted by Gasteiger charge is 2.29. The molecule has 0 atom stereocenters. The zero-order valence-electron chi connectivity index (χ0n) is 9.57. The SMILES string of the molecule is CC1CC(=O)N(CCCCC(N)=S)C(=O)C1. The molecule has 1 fully saturated rings. The third kappa shape index (κ3) is 3.89. The fraction of sp³-hybridized carbons (Fsp3) is 0.727. The molecule has 0 radical (unpaired) electrons. The van der Waals surface area contributed by atoms with Crippen LogP contribution in [0, 0.1) is 5.92 Å². The monoisotopic (exact) mass is 242 g/mol. The lowest BCUT2D eigenvalue weighted by Crippen LogP contribution is -2.43. The molecule has 4 nitrogen and oxygen atoms in total. The number of rotatable bonds is 5. The summed E-state index contributed by atoms with van der Waals surface area (Å²) in [7, 11) is 0. The van der Waals surface area contributed by atoms with Crippen LogP contribution in [0.15, 0.2) is 0 Å². The first-order chi connectivity index (χ1) is 7.50. The molecular formula is C11H18N2O2S. The quantitative estimate of drug-likeness (QED) is 0.447. The van der Waals surface area contributed by atoms with E-state index in [0.29, 0.717) is 30.8 Å². The van der Waals surface area contributed by atoms with Gasteiger partial charge in [0, 0.05) is 19.4 Å². The lowest BCUT2D eigenvalue weighted by molar-refractivity contribution is -0.149. The standard InChI is InChI=1S/C11H18N2O2S/c1-8-6-10(14)13(11(15)7-8)5-3-2-4-9(12)16/h8H,2-7H2,1H3,(H2,12,16). The van der Waals surface area contributed by atoms with Crippen molar-refractivity contribution in [2.75, 3.05) is 6.54 Å². The van der Waals surface area contributed by atoms with Crippen molar-refractivity contribution in [2.24, 2.45) is 11.7 Å². The Morgan fingerprint density at radius 3 is 2.44 bits per heavy atom. The summed E-state index contributed by atoms with van der Waals surface area (Å²) in [6.45, 7) is 2.44. The van der Waals surface area contributed by atoms with E-state index < -0.39 is 0 Å². The molecule has 1 saturated heterocycles. The Kier molecular flexibility index (Phi) is 4.86. The van der Waals surface area contributed by atoms with E-state index in [2.05, 4.69) is 0 Å². The molecule has 0 spiro atoms. The highest BCUT2D eigenvalue weighted by atomic mass is 32.1. The van der Waals surface area contributed by atoms with Crippen LogP contribution in [0.25, 0.3) is 0 Å². The highest BCUT2D eigenvalue weighted by molar-refractivity contribution is 7.80. The van der Waals surface area contributed by atoms with Crippen LogP contribution < -0.4 is 5.73 Å². The van der Waals surface area contributed by atoms with Gasteiger partial charge in [-0.3, -0.25) is 14.5 Å². The van der Waals surface area contributed by atoms with Gasteiger partial charge in [0.1, 0.15) is 0 Å². The number of piperidine rings is 1. The molecule has 90 valence electrons. The second-order valence-corrected chi connectivity index (χ2v) is 4.90. The van der Waals surface area contributed by atoms with E-state index in [9.17, 15) is 9.59 Å². The van der Waals surface area contributed by atoms with Crippen molar-refractivity contribution < 1.29 is 9.59 Å². The summed E-state index contributed by atoms with van der Waals surface area (Å²) in [5, 5.41) is 0. The van der Waals surface area contributed by atoms with Crippen molar-refractivity contribution in [1.82, 2.24) is 4.90 Å². The fourth-order valence-electron chi connectivity index (χ4n) is 1.85. The Balaban J connectivity index is 2.33. The third-order valence-corrected chi connectivity index (χ3v) is 2.91. The minimum Gasteiger partial charge on any atom is -0.393 e. The Bertz CT molecular complexity index is 286. The van der Waals surface area contributed by atoms with Gasteiger partial charge < -0.3 is 5.73 Å². The molecule has 1 aliphatic heterocycles. The molecule has 2 N–H and O–H groups in total. The van der Waals surface area contributed by atoms with Gasteiger partial charge in [-0.25, -0.2) is 0 Å². The van der Waals surface area contributed by atoms with E-state index in [-0.39, 0.29) is 17.7 Å². The third-order valence-electron chi connectivity index (χ3n) is 2.70. The predicted molar refractivity (Wildman–Crippen MR) is 65.8 cm³/mol. The van der Waals surface area contributed by atoms with Crippen LogP contribution >= 0.6 is 12.2 Å². The maximum Gasteiger partial charge on any atom is 0.229 e. The first-order valence-electron chi connectivity index (χ1n) is 5.62. The van der Waals surface area contributed by atoms with E-state index in [1.165, 1.54) is 4.90 Å². The van der Waals surface area contributed by atoms with Gasteiger partial charge >= 0.3 is 0 Å². The van der Waals surface area contributed by atoms with Gasteiger partial charge in [-0.05, 0) is 25.2 Å². The van der Waals surface area contributed by atoms with Crippen molar-refractivity contribution in [1.29, 1.82) is 0 Å². The summed E-state index contributed by atoms with van der Waals surface area (Å²) in [5.41, 5.74) is 5.37. The number of likely N-dealkylation sites (tertiary alicyclic amines) is 1. The number of nitrogens with zero attached hydrogens (tertiary/aromatic N) is 1. The highest BCUT2D eigenvalue weighted by Crippen LogP contribution is 2.19. The number of amides is 2. The molecule has 0 aromatic rings. The molecule has 16 heavy (non-hydrogen) atoms. The van der Waals surface area contributed by atoms with Crippen molar-refractivity contribution in [3.8, 4) is 0 Å². The predicted octanol–water partition coefficient (Wildman–Crippen LogP) is 1.23. The van der Waals surface area contributed by atoms with Gasteiger partial charge in [-0.1, -0.05) is 19.1 Å². The minimum absolute atomic E-state index is 0.0425. The van der Waals surface area contributed by atoms with Crippen LogP contribution in [0.5, 0.6) is 0 Å². The number of imide groups is 1. The van der Waals surface area contributed by atoms with Gasteiger partial charge in [0.05, 0.1) is 4.99 Å². The molecule has 0 unspecified atom stereocenters. The lowest BCUT2D eigenvalue weighted by Gasteiger charge is -2.28. The molecular weight excluding hydrogens is 224 g/mol. The number of carbonyl (C=O) groups excluding carboxylic acids is 2. The first kappa shape index (κ1) is 13.1. The number of nitrogens with two attached hydrogens (primary N) is 1. The number of thiocarbonyl (C=S) groups is 1. The smallest absolute Gasteiger partial charge is 0.229 e. The minimum atomic E-state index is -0.0425. The summed E-state index contributed by atoms with van der Waals surface area (Å²) in [6.07, 6.45) is 3.27. The van der Waals surface area contributed by atoms with Crippen LogP contribution in [0.2, 0.25) is 0 Å². The summed E-state index contributed by atoms with van der Waals surface area (Å²) in [5.74, 6) is 0.103. The molecule has 0 aliphatic carbocycles. The van der Waals surface area contributed by atoms with Crippen LogP contribution in [0.1, 0.15) is 39.0 Å². The van der Waals surface area contributed by atoms with Crippen LogP contribution in [0.4, 0.5) is 0 Å². The normalized spacial score (nSPS) is 17.9. The summed E-state index contributed by atoms with van der Waals surface area (Å²) in [6, 6.07) is 0. The number of carbonyl (C=O) groups is 2. The molecule has 1 aliphatic rings. The Morgan fingerprint density at radius 1 is 1.38 bits per heavy atom. The van der Waals surface area contributed by atoms with Gasteiger partial charge in [-0.2, -0.15) is 0 Å². The van der Waals surface area contributed by atoms with E-state index in [4.69, 9.17) is 18.0 Å². The number of hydrogen-bond acceptors (Lipinski definition) is 3. The van der Waals surface area contributed by atoms with E-state index in [0.717, 1.165) is 12.8 Å². The largest absolute Gasteiger partial charge is 0.393 e. The zero-order valence-corrected chi connectivity index (χ0v) is 10.4. The van der Waals surface area contributed by atoms with Crippen LogP contribution in [0.3, 0.4) is 0 Å². The van der Waals surface area contributed by atoms with Crippen molar-refractivity contribution in [3.05, 3.63) is 0 Å². The van der Waals surface area contributed by atoms with E-state index >= 15 is 0 Å². The number of unbranched alkanes of at least 4 members (excludes halogenated alkanes) is 1. The van der Waals surface area contributed by atoms with Gasteiger partial charge in [0.15, 0.2) is 0 Å². The molecule has 0 bridgehead atoms. The zero-order chi connectivity index (χ0) is 12.1. The van der Waals surface area contributed by atoms with Gasteiger partial charge in [-0.15, -0.1) is 0 Å². The molecule has 5 heteroatoms. The van der Waals surface area contributed by atoms with Crippen molar-refractivity contribution in [3.63, 3.8) is 0 Å². The average molecular weight is 242 g/mol. The van der Waals surface area contributed by atoms with E-state index in [1.54, 1.807) is 0 Å². The molecule has 0 aromatic carbocycles. The first-order valence-corrected chi connectivity index (χ1v) is 6.03. The number of hydrogen-bond donors (Lipinski definition) is 1.